The minimum absolute atomic E-state index is 0.00403. The van der Waals surface area contributed by atoms with Gasteiger partial charge in [-0.15, -0.1) is 0 Å². The molecular formula is C9H5ClN2O4. The molecule has 0 saturated heterocycles. The van der Waals surface area contributed by atoms with Gasteiger partial charge < -0.3 is 5.11 Å². The van der Waals surface area contributed by atoms with E-state index in [4.69, 9.17) is 22.0 Å². The van der Waals surface area contributed by atoms with Crippen molar-refractivity contribution in [1.29, 1.82) is 5.26 Å². The minimum atomic E-state index is -1.26. The first kappa shape index (κ1) is 11.9. The molecule has 0 amide bonds. The number of halogens is 1. The normalized spacial score (nSPS) is 9.50. The van der Waals surface area contributed by atoms with E-state index in [0.29, 0.717) is 0 Å². The molecule has 6 nitrogen and oxygen atoms in total. The topological polar surface area (TPSA) is 104 Å². The molecule has 0 unspecified atom stereocenters. The van der Waals surface area contributed by atoms with Crippen molar-refractivity contribution in [3.63, 3.8) is 0 Å². The monoisotopic (exact) mass is 240 g/mol. The molecular weight excluding hydrogens is 236 g/mol. The summed E-state index contributed by atoms with van der Waals surface area (Å²) in [6.07, 6.45) is -0.611. The summed E-state index contributed by atoms with van der Waals surface area (Å²) in [5.74, 6) is -1.26. The van der Waals surface area contributed by atoms with Crippen LogP contribution in [0.25, 0.3) is 0 Å². The van der Waals surface area contributed by atoms with E-state index in [0.717, 1.165) is 6.07 Å². The predicted molar refractivity (Wildman–Crippen MR) is 54.2 cm³/mol. The Balaban J connectivity index is 3.48. The zero-order valence-corrected chi connectivity index (χ0v) is 8.56. The van der Waals surface area contributed by atoms with Crippen molar-refractivity contribution in [2.75, 3.05) is 0 Å². The summed E-state index contributed by atoms with van der Waals surface area (Å²) in [4.78, 5) is 20.5. The zero-order valence-electron chi connectivity index (χ0n) is 7.81. The Bertz CT molecular complexity index is 507. The molecule has 0 aliphatic heterocycles. The van der Waals surface area contributed by atoms with Gasteiger partial charge in [0.2, 0.25) is 0 Å². The number of aliphatic carboxylic acids is 1. The van der Waals surface area contributed by atoms with E-state index in [1.807, 2.05) is 0 Å². The number of nitro benzene ring substituents is 1. The van der Waals surface area contributed by atoms with Crippen molar-refractivity contribution in [3.8, 4) is 6.07 Å². The fourth-order valence-corrected chi connectivity index (χ4v) is 1.45. The molecule has 1 N–H and O–H groups in total. The SMILES string of the molecule is N#Cc1c(Cl)ccc([N+](=O)[O-])c1CC(=O)O. The third-order valence-electron chi connectivity index (χ3n) is 1.87. The highest BCUT2D eigenvalue weighted by Gasteiger charge is 2.22. The summed E-state index contributed by atoms with van der Waals surface area (Å²) in [6.45, 7) is 0. The molecule has 1 rings (SSSR count). The van der Waals surface area contributed by atoms with Gasteiger partial charge >= 0.3 is 5.97 Å². The first-order valence-electron chi connectivity index (χ1n) is 4.05. The van der Waals surface area contributed by atoms with Crippen molar-refractivity contribution in [2.45, 2.75) is 6.42 Å². The van der Waals surface area contributed by atoms with Crippen molar-refractivity contribution in [2.24, 2.45) is 0 Å². The summed E-state index contributed by atoms with van der Waals surface area (Å²) in [6, 6.07) is 3.95. The van der Waals surface area contributed by atoms with E-state index in [1.165, 1.54) is 6.07 Å². The van der Waals surface area contributed by atoms with Gasteiger partial charge in [0.25, 0.3) is 5.69 Å². The average molecular weight is 241 g/mol. The summed E-state index contributed by atoms with van der Waals surface area (Å²) < 4.78 is 0. The molecule has 82 valence electrons. The molecule has 0 radical (unpaired) electrons. The van der Waals surface area contributed by atoms with Crippen LogP contribution in [0, 0.1) is 21.4 Å². The standard InChI is InChI=1S/C9H5ClN2O4/c10-7-1-2-8(12(15)16)5(3-9(13)14)6(7)4-11/h1-2H,3H2,(H,13,14). The molecule has 0 aromatic heterocycles. The molecule has 0 spiro atoms. The van der Waals surface area contributed by atoms with Crippen LogP contribution >= 0.6 is 11.6 Å². The van der Waals surface area contributed by atoms with Crippen LogP contribution in [0.1, 0.15) is 11.1 Å². The van der Waals surface area contributed by atoms with E-state index in [2.05, 4.69) is 0 Å². The van der Waals surface area contributed by atoms with E-state index in [-0.39, 0.29) is 16.1 Å². The number of carboxylic acid groups (broad SMARTS) is 1. The van der Waals surface area contributed by atoms with Crippen molar-refractivity contribution in [3.05, 3.63) is 38.4 Å². The van der Waals surface area contributed by atoms with Gasteiger partial charge in [0.1, 0.15) is 6.07 Å². The van der Waals surface area contributed by atoms with Gasteiger partial charge in [-0.05, 0) is 6.07 Å². The van der Waals surface area contributed by atoms with Crippen LogP contribution in [-0.4, -0.2) is 16.0 Å². The maximum Gasteiger partial charge on any atom is 0.308 e. The van der Waals surface area contributed by atoms with Gasteiger partial charge in [0.05, 0.1) is 27.5 Å². The molecule has 7 heteroatoms. The van der Waals surface area contributed by atoms with Crippen molar-refractivity contribution < 1.29 is 14.8 Å². The second-order valence-corrected chi connectivity index (χ2v) is 3.27. The van der Waals surface area contributed by atoms with Crippen molar-refractivity contribution >= 4 is 23.3 Å². The maximum absolute atomic E-state index is 10.6. The molecule has 0 aliphatic rings. The summed E-state index contributed by atoms with van der Waals surface area (Å²) in [7, 11) is 0. The molecule has 1 aromatic rings. The zero-order chi connectivity index (χ0) is 12.3. The molecule has 1 aromatic carbocycles. The van der Waals surface area contributed by atoms with Gasteiger partial charge in [-0.2, -0.15) is 5.26 Å². The number of carboxylic acids is 1. The predicted octanol–water partition coefficient (Wildman–Crippen LogP) is 1.75. The van der Waals surface area contributed by atoms with Gasteiger partial charge in [0, 0.05) is 6.07 Å². The highest BCUT2D eigenvalue weighted by atomic mass is 35.5. The summed E-state index contributed by atoms with van der Waals surface area (Å²) in [5.41, 5.74) is -0.755. The first-order chi connectivity index (χ1) is 7.47. The lowest BCUT2D eigenvalue weighted by molar-refractivity contribution is -0.385. The highest BCUT2D eigenvalue weighted by molar-refractivity contribution is 6.32. The van der Waals surface area contributed by atoms with Gasteiger partial charge in [-0.3, -0.25) is 14.9 Å². The van der Waals surface area contributed by atoms with Gasteiger partial charge in [-0.1, -0.05) is 11.6 Å². The number of benzene rings is 1. The molecule has 0 atom stereocenters. The molecule has 0 heterocycles. The Morgan fingerprint density at radius 3 is 2.69 bits per heavy atom. The molecule has 0 aliphatic carbocycles. The number of carbonyl (C=O) groups is 1. The Kier molecular flexibility index (Phi) is 3.43. The quantitative estimate of drug-likeness (QED) is 0.640. The lowest BCUT2D eigenvalue weighted by atomic mass is 10.0. The van der Waals surface area contributed by atoms with Gasteiger partial charge in [0.15, 0.2) is 0 Å². The van der Waals surface area contributed by atoms with Crippen LogP contribution in [0.15, 0.2) is 12.1 Å². The number of nitro groups is 1. The number of rotatable bonds is 3. The average Bonchev–Trinajstić information content (AvgIpc) is 2.16. The number of nitriles is 1. The van der Waals surface area contributed by atoms with E-state index in [1.54, 1.807) is 6.07 Å². The number of hydrogen-bond donors (Lipinski definition) is 1. The number of hydrogen-bond acceptors (Lipinski definition) is 4. The van der Waals surface area contributed by atoms with E-state index < -0.39 is 23.0 Å². The summed E-state index contributed by atoms with van der Waals surface area (Å²) >= 11 is 5.65. The first-order valence-corrected chi connectivity index (χ1v) is 4.42. The molecule has 16 heavy (non-hydrogen) atoms. The smallest absolute Gasteiger partial charge is 0.308 e. The lowest BCUT2D eigenvalue weighted by Gasteiger charge is -2.03. The van der Waals surface area contributed by atoms with E-state index in [9.17, 15) is 14.9 Å². The van der Waals surface area contributed by atoms with Crippen LogP contribution in [0.4, 0.5) is 5.69 Å². The Morgan fingerprint density at radius 1 is 1.62 bits per heavy atom. The second kappa shape index (κ2) is 4.59. The highest BCUT2D eigenvalue weighted by Crippen LogP contribution is 2.28. The van der Waals surface area contributed by atoms with Crippen LogP contribution in [0.5, 0.6) is 0 Å². The van der Waals surface area contributed by atoms with Crippen molar-refractivity contribution in [1.82, 2.24) is 0 Å². The molecule has 0 saturated carbocycles. The Morgan fingerprint density at radius 2 is 2.25 bits per heavy atom. The van der Waals surface area contributed by atoms with Gasteiger partial charge in [-0.25, -0.2) is 0 Å². The van der Waals surface area contributed by atoms with E-state index >= 15 is 0 Å². The number of nitrogens with zero attached hydrogens (tertiary/aromatic N) is 2. The third-order valence-corrected chi connectivity index (χ3v) is 2.19. The fraction of sp³-hybridized carbons (Fsp3) is 0.111. The van der Waals surface area contributed by atoms with Crippen LogP contribution < -0.4 is 0 Å². The molecule has 0 fully saturated rings. The van der Waals surface area contributed by atoms with Crippen LogP contribution in [0.3, 0.4) is 0 Å². The largest absolute Gasteiger partial charge is 0.481 e. The summed E-state index contributed by atoms with van der Waals surface area (Å²) in [5, 5.41) is 28.0. The minimum Gasteiger partial charge on any atom is -0.481 e. The molecule has 0 bridgehead atoms. The van der Waals surface area contributed by atoms with Crippen LogP contribution in [-0.2, 0) is 11.2 Å². The van der Waals surface area contributed by atoms with Crippen LogP contribution in [0.2, 0.25) is 5.02 Å². The fourth-order valence-electron chi connectivity index (χ4n) is 1.23. The second-order valence-electron chi connectivity index (χ2n) is 2.86. The Hall–Kier alpha value is -2.13. The lowest BCUT2D eigenvalue weighted by Crippen LogP contribution is -2.06. The third kappa shape index (κ3) is 2.27. The Labute approximate surface area is 94.8 Å². The maximum atomic E-state index is 10.6.